The zero-order valence-corrected chi connectivity index (χ0v) is 16.3. The molecule has 1 unspecified atom stereocenters. The second kappa shape index (κ2) is 7.95. The van der Waals surface area contributed by atoms with Crippen LogP contribution >= 0.6 is 0 Å². The van der Waals surface area contributed by atoms with E-state index in [0.717, 1.165) is 27.6 Å². The maximum absolute atomic E-state index is 12.4. The molecule has 1 heterocycles. The first kappa shape index (κ1) is 19.0. The Labute approximate surface area is 169 Å². The number of aryl methyl sites for hydroxylation is 1. The third-order valence-corrected chi connectivity index (χ3v) is 5.39. The van der Waals surface area contributed by atoms with Crippen molar-refractivity contribution >= 4 is 22.6 Å². The van der Waals surface area contributed by atoms with Crippen LogP contribution in [0.1, 0.15) is 23.1 Å². The van der Waals surface area contributed by atoms with Gasteiger partial charge in [-0.25, -0.2) is 0 Å². The summed E-state index contributed by atoms with van der Waals surface area (Å²) >= 11 is 0. The Balaban J connectivity index is 1.64. The van der Waals surface area contributed by atoms with E-state index in [2.05, 4.69) is 6.07 Å². The Kier molecular flexibility index (Phi) is 5.21. The van der Waals surface area contributed by atoms with Crippen LogP contribution in [-0.4, -0.2) is 28.4 Å². The number of carboxylic acid groups (broad SMARTS) is 1. The molecule has 1 atom stereocenters. The molecule has 5 heteroatoms. The van der Waals surface area contributed by atoms with Gasteiger partial charge in [-0.1, -0.05) is 60.2 Å². The van der Waals surface area contributed by atoms with Gasteiger partial charge in [-0.05, 0) is 29.3 Å². The fraction of sp³-hybridized carbons (Fsp3) is 0.250. The van der Waals surface area contributed by atoms with Crippen LogP contribution in [0.4, 0.5) is 0 Å². The standard InChI is InChI=1S/C24H23NO4/c1-16-5-4-6-17(11-16)15-29-22-10-9-18-7-2-3-8-20(18)21(22)14-25-13-19(24(27)28)12-23(25)26/h2-11,19H,12-15H2,1H3,(H,27,28). The second-order valence-electron chi connectivity index (χ2n) is 7.55. The number of hydrogen-bond donors (Lipinski definition) is 1. The van der Waals surface area contributed by atoms with E-state index in [1.165, 1.54) is 5.56 Å². The van der Waals surface area contributed by atoms with E-state index < -0.39 is 11.9 Å². The molecular formula is C24H23NO4. The van der Waals surface area contributed by atoms with E-state index >= 15 is 0 Å². The van der Waals surface area contributed by atoms with Crippen LogP contribution in [0.5, 0.6) is 5.75 Å². The minimum Gasteiger partial charge on any atom is -0.489 e. The maximum atomic E-state index is 12.4. The molecule has 0 aliphatic carbocycles. The average Bonchev–Trinajstić information content (AvgIpc) is 3.08. The summed E-state index contributed by atoms with van der Waals surface area (Å²) in [4.78, 5) is 25.3. The molecular weight excluding hydrogens is 366 g/mol. The van der Waals surface area contributed by atoms with Gasteiger partial charge in [0.25, 0.3) is 0 Å². The Morgan fingerprint density at radius 1 is 1.14 bits per heavy atom. The smallest absolute Gasteiger partial charge is 0.308 e. The SMILES string of the molecule is Cc1cccc(COc2ccc3ccccc3c2CN2CC(C(=O)O)CC2=O)c1. The fourth-order valence-electron chi connectivity index (χ4n) is 3.86. The van der Waals surface area contributed by atoms with Gasteiger partial charge in [0.1, 0.15) is 12.4 Å². The first-order chi connectivity index (χ1) is 14.0. The number of aliphatic carboxylic acids is 1. The van der Waals surface area contributed by atoms with Gasteiger partial charge < -0.3 is 14.7 Å². The van der Waals surface area contributed by atoms with E-state index in [1.54, 1.807) is 4.90 Å². The minimum absolute atomic E-state index is 0.0551. The predicted molar refractivity (Wildman–Crippen MR) is 111 cm³/mol. The lowest BCUT2D eigenvalue weighted by atomic mass is 10.0. The van der Waals surface area contributed by atoms with Gasteiger partial charge in [0.2, 0.25) is 5.91 Å². The molecule has 0 spiro atoms. The van der Waals surface area contributed by atoms with Crippen molar-refractivity contribution in [2.75, 3.05) is 6.54 Å². The summed E-state index contributed by atoms with van der Waals surface area (Å²) in [6.45, 7) is 3.04. The van der Waals surface area contributed by atoms with Crippen molar-refractivity contribution in [2.45, 2.75) is 26.5 Å². The molecule has 3 aromatic rings. The molecule has 0 saturated carbocycles. The number of nitrogens with zero attached hydrogens (tertiary/aromatic N) is 1. The van der Waals surface area contributed by atoms with Crippen molar-refractivity contribution < 1.29 is 19.4 Å². The highest BCUT2D eigenvalue weighted by atomic mass is 16.5. The molecule has 1 N–H and O–H groups in total. The van der Waals surface area contributed by atoms with Gasteiger partial charge in [0.15, 0.2) is 0 Å². The van der Waals surface area contributed by atoms with E-state index in [0.29, 0.717) is 13.2 Å². The number of likely N-dealkylation sites (tertiary alicyclic amines) is 1. The third kappa shape index (κ3) is 4.09. The molecule has 1 fully saturated rings. The van der Waals surface area contributed by atoms with Crippen LogP contribution in [0.15, 0.2) is 60.7 Å². The van der Waals surface area contributed by atoms with Crippen molar-refractivity contribution in [1.82, 2.24) is 4.90 Å². The Morgan fingerprint density at radius 3 is 2.72 bits per heavy atom. The van der Waals surface area contributed by atoms with Crippen molar-refractivity contribution in [3.8, 4) is 5.75 Å². The summed E-state index contributed by atoms with van der Waals surface area (Å²) in [6.07, 6.45) is 0.0551. The number of carbonyl (C=O) groups is 2. The number of benzene rings is 3. The molecule has 4 rings (SSSR count). The minimum atomic E-state index is -0.922. The van der Waals surface area contributed by atoms with Gasteiger partial charge >= 0.3 is 5.97 Å². The maximum Gasteiger partial charge on any atom is 0.308 e. The molecule has 0 bridgehead atoms. The topological polar surface area (TPSA) is 66.8 Å². The lowest BCUT2D eigenvalue weighted by Crippen LogP contribution is -2.26. The highest BCUT2D eigenvalue weighted by Gasteiger charge is 2.34. The number of rotatable bonds is 6. The first-order valence-electron chi connectivity index (χ1n) is 9.71. The van der Waals surface area contributed by atoms with Gasteiger partial charge in [-0.3, -0.25) is 9.59 Å². The summed E-state index contributed by atoms with van der Waals surface area (Å²) < 4.78 is 6.15. The Bertz CT molecular complexity index is 1080. The zero-order valence-electron chi connectivity index (χ0n) is 16.3. The van der Waals surface area contributed by atoms with Crippen LogP contribution in [0, 0.1) is 12.8 Å². The number of amides is 1. The highest BCUT2D eigenvalue weighted by molar-refractivity contribution is 5.89. The normalized spacial score (nSPS) is 16.4. The summed E-state index contributed by atoms with van der Waals surface area (Å²) in [5.74, 6) is -0.976. The van der Waals surface area contributed by atoms with Crippen molar-refractivity contribution in [3.63, 3.8) is 0 Å². The van der Waals surface area contributed by atoms with Gasteiger partial charge in [-0.2, -0.15) is 0 Å². The molecule has 1 saturated heterocycles. The summed E-state index contributed by atoms with van der Waals surface area (Å²) in [6, 6.07) is 20.1. The van der Waals surface area contributed by atoms with Crippen LogP contribution in [0.2, 0.25) is 0 Å². The van der Waals surface area contributed by atoms with E-state index in [-0.39, 0.29) is 18.9 Å². The third-order valence-electron chi connectivity index (χ3n) is 5.39. The monoisotopic (exact) mass is 389 g/mol. The van der Waals surface area contributed by atoms with Crippen LogP contribution < -0.4 is 4.74 Å². The van der Waals surface area contributed by atoms with E-state index in [4.69, 9.17) is 4.74 Å². The molecule has 3 aromatic carbocycles. The highest BCUT2D eigenvalue weighted by Crippen LogP contribution is 2.32. The molecule has 1 amide bonds. The van der Waals surface area contributed by atoms with Crippen LogP contribution in [0.25, 0.3) is 10.8 Å². The second-order valence-corrected chi connectivity index (χ2v) is 7.55. The molecule has 5 nitrogen and oxygen atoms in total. The largest absolute Gasteiger partial charge is 0.489 e. The molecule has 148 valence electrons. The number of fused-ring (bicyclic) bond motifs is 1. The molecule has 1 aliphatic rings. The number of carbonyl (C=O) groups excluding carboxylic acids is 1. The number of ether oxygens (including phenoxy) is 1. The molecule has 0 radical (unpaired) electrons. The van der Waals surface area contributed by atoms with E-state index in [1.807, 2.05) is 61.5 Å². The van der Waals surface area contributed by atoms with Crippen molar-refractivity contribution in [1.29, 1.82) is 0 Å². The van der Waals surface area contributed by atoms with Gasteiger partial charge in [0, 0.05) is 25.1 Å². The quantitative estimate of drug-likeness (QED) is 0.687. The van der Waals surface area contributed by atoms with Gasteiger partial charge in [-0.15, -0.1) is 0 Å². The molecule has 1 aliphatic heterocycles. The Morgan fingerprint density at radius 2 is 1.97 bits per heavy atom. The van der Waals surface area contributed by atoms with Crippen molar-refractivity contribution in [2.24, 2.45) is 5.92 Å². The molecule has 0 aromatic heterocycles. The summed E-state index contributed by atoms with van der Waals surface area (Å²) in [5.41, 5.74) is 3.16. The lowest BCUT2D eigenvalue weighted by Gasteiger charge is -2.20. The van der Waals surface area contributed by atoms with Gasteiger partial charge in [0.05, 0.1) is 5.92 Å². The fourth-order valence-corrected chi connectivity index (χ4v) is 3.86. The number of carboxylic acids is 1. The van der Waals surface area contributed by atoms with E-state index in [9.17, 15) is 14.7 Å². The van der Waals surface area contributed by atoms with Crippen LogP contribution in [0.3, 0.4) is 0 Å². The van der Waals surface area contributed by atoms with Crippen molar-refractivity contribution in [3.05, 3.63) is 77.4 Å². The summed E-state index contributed by atoms with van der Waals surface area (Å²) in [5, 5.41) is 11.3. The number of hydrogen-bond acceptors (Lipinski definition) is 3. The molecule has 29 heavy (non-hydrogen) atoms. The summed E-state index contributed by atoms with van der Waals surface area (Å²) in [7, 11) is 0. The average molecular weight is 389 g/mol. The zero-order chi connectivity index (χ0) is 20.4. The Hall–Kier alpha value is -3.34. The first-order valence-corrected chi connectivity index (χ1v) is 9.71. The lowest BCUT2D eigenvalue weighted by molar-refractivity contribution is -0.141. The van der Waals surface area contributed by atoms with Crippen LogP contribution in [-0.2, 0) is 22.7 Å². The predicted octanol–water partition coefficient (Wildman–Crippen LogP) is 4.16.